The van der Waals surface area contributed by atoms with Gasteiger partial charge in [0.15, 0.2) is 0 Å². The summed E-state index contributed by atoms with van der Waals surface area (Å²) in [6, 6.07) is 1.83. The Morgan fingerprint density at radius 1 is 1.23 bits per heavy atom. The van der Waals surface area contributed by atoms with Crippen LogP contribution in [0.3, 0.4) is 0 Å². The average Bonchev–Trinajstić information content (AvgIpc) is 3.73. The summed E-state index contributed by atoms with van der Waals surface area (Å²) < 4.78 is 33.4. The Labute approximate surface area is 207 Å². The van der Waals surface area contributed by atoms with Gasteiger partial charge in [-0.1, -0.05) is 0 Å². The summed E-state index contributed by atoms with van der Waals surface area (Å²) in [7, 11) is -1.93. The van der Waals surface area contributed by atoms with E-state index in [2.05, 4.69) is 30.7 Å². The molecular weight excluding hydrogens is 488 g/mol. The molecule has 0 saturated heterocycles. The molecule has 3 aliphatic rings. The molecule has 0 spiro atoms. The first-order valence-electron chi connectivity index (χ1n) is 12.0. The van der Waals surface area contributed by atoms with Gasteiger partial charge in [-0.2, -0.15) is 5.10 Å². The highest BCUT2D eigenvalue weighted by molar-refractivity contribution is 7.90. The van der Waals surface area contributed by atoms with Gasteiger partial charge in [0.2, 0.25) is 21.9 Å². The van der Waals surface area contributed by atoms with Crippen molar-refractivity contribution >= 4 is 44.0 Å². The molecule has 6 rings (SSSR count). The van der Waals surface area contributed by atoms with Crippen LogP contribution in [-0.2, 0) is 34.7 Å². The zero-order valence-corrected chi connectivity index (χ0v) is 21.0. The Bertz CT molecular complexity index is 1370. The predicted octanol–water partition coefficient (Wildman–Crippen LogP) is 2.58. The van der Waals surface area contributed by atoms with Crippen molar-refractivity contribution in [1.82, 2.24) is 29.3 Å². The first kappa shape index (κ1) is 22.7. The van der Waals surface area contributed by atoms with E-state index in [1.807, 2.05) is 17.7 Å². The molecule has 0 aliphatic heterocycles. The fourth-order valence-corrected chi connectivity index (χ4v) is 7.62. The first-order valence-corrected chi connectivity index (χ1v) is 14.3. The van der Waals surface area contributed by atoms with E-state index >= 15 is 0 Å². The van der Waals surface area contributed by atoms with Crippen molar-refractivity contribution in [2.75, 3.05) is 17.2 Å². The molecule has 13 heteroatoms. The van der Waals surface area contributed by atoms with Gasteiger partial charge in [-0.05, 0) is 56.4 Å². The zero-order chi connectivity index (χ0) is 24.2. The maximum atomic E-state index is 13.5. The van der Waals surface area contributed by atoms with E-state index < -0.39 is 10.0 Å². The molecule has 186 valence electrons. The number of nitrogens with one attached hydrogen (secondary N) is 3. The summed E-state index contributed by atoms with van der Waals surface area (Å²) >= 11 is 1.40. The molecule has 3 N–H and O–H groups in total. The predicted molar refractivity (Wildman–Crippen MR) is 131 cm³/mol. The van der Waals surface area contributed by atoms with Crippen molar-refractivity contribution in [3.63, 3.8) is 0 Å². The van der Waals surface area contributed by atoms with Crippen LogP contribution in [0.5, 0.6) is 0 Å². The number of nitrogens with zero attached hydrogens (tertiary/aromatic N) is 5. The quantitative estimate of drug-likeness (QED) is 0.398. The monoisotopic (exact) mass is 516 g/mol. The topological polar surface area (TPSA) is 136 Å². The van der Waals surface area contributed by atoms with E-state index in [1.165, 1.54) is 11.3 Å². The van der Waals surface area contributed by atoms with Gasteiger partial charge in [-0.25, -0.2) is 13.1 Å². The number of aromatic nitrogens is 5. The molecule has 0 aromatic carbocycles. The van der Waals surface area contributed by atoms with Crippen LogP contribution in [0.25, 0.3) is 0 Å². The number of aryl methyl sites for hydroxylation is 2. The van der Waals surface area contributed by atoms with E-state index in [0.717, 1.165) is 54.8 Å². The van der Waals surface area contributed by atoms with Gasteiger partial charge in [0.05, 0.1) is 6.20 Å². The van der Waals surface area contributed by atoms with Crippen LogP contribution in [0.15, 0.2) is 23.5 Å². The summed E-state index contributed by atoms with van der Waals surface area (Å²) in [4.78, 5) is 13.8. The third-order valence-electron chi connectivity index (χ3n) is 6.93. The minimum absolute atomic E-state index is 0.00508. The molecule has 3 heterocycles. The zero-order valence-electron chi connectivity index (χ0n) is 19.4. The molecule has 11 nitrogen and oxygen atoms in total. The van der Waals surface area contributed by atoms with Gasteiger partial charge >= 0.3 is 0 Å². The smallest absolute Gasteiger partial charge is 0.243 e. The lowest BCUT2D eigenvalue weighted by Gasteiger charge is -2.25. The highest BCUT2D eigenvalue weighted by Crippen LogP contribution is 2.45. The second kappa shape index (κ2) is 8.71. The van der Waals surface area contributed by atoms with Crippen LogP contribution in [0.1, 0.15) is 48.6 Å². The number of sulfonamides is 1. The maximum absolute atomic E-state index is 13.5. The number of amides is 1. The first-order chi connectivity index (χ1) is 16.9. The normalized spacial score (nSPS) is 20.0. The van der Waals surface area contributed by atoms with Gasteiger partial charge in [0.1, 0.15) is 22.0 Å². The van der Waals surface area contributed by atoms with Gasteiger partial charge in [-0.15, -0.1) is 21.5 Å². The van der Waals surface area contributed by atoms with E-state index in [-0.39, 0.29) is 22.8 Å². The number of carbonyl (C=O) groups excluding carboxylic acids is 1. The molecule has 3 aromatic heterocycles. The van der Waals surface area contributed by atoms with Gasteiger partial charge < -0.3 is 10.6 Å². The summed E-state index contributed by atoms with van der Waals surface area (Å²) in [5, 5.41) is 19.2. The molecule has 0 unspecified atom stereocenters. The summed E-state index contributed by atoms with van der Waals surface area (Å²) in [6.45, 7) is 0.441. The van der Waals surface area contributed by atoms with Crippen molar-refractivity contribution < 1.29 is 13.2 Å². The molecular formula is C22H28N8O3S2. The molecule has 0 bridgehead atoms. The van der Waals surface area contributed by atoms with Crippen LogP contribution < -0.4 is 15.4 Å². The summed E-state index contributed by atoms with van der Waals surface area (Å²) in [5.41, 5.74) is 0.792. The molecule has 3 aliphatic carbocycles. The summed E-state index contributed by atoms with van der Waals surface area (Å²) in [6.07, 6.45) is 9.26. The fourth-order valence-electron chi connectivity index (χ4n) is 4.53. The Hall–Kier alpha value is -2.77. The molecule has 1 atom stereocenters. The number of thiophene rings is 1. The van der Waals surface area contributed by atoms with Crippen LogP contribution in [0, 0.1) is 11.8 Å². The Kier molecular flexibility index (Phi) is 5.65. The number of rotatable bonds is 9. The number of carbonyl (C=O) groups is 1. The lowest BCUT2D eigenvalue weighted by molar-refractivity contribution is -0.117. The van der Waals surface area contributed by atoms with Crippen LogP contribution in [0.2, 0.25) is 0 Å². The van der Waals surface area contributed by atoms with Crippen LogP contribution in [-0.4, -0.2) is 45.4 Å². The standard InChI is InChI=1S/C22H28N8O3S2/c1-29-18(8-9-24-29)26-22-28-23-12-30(22)15-6-7-17-16(10-15)19(35(32,33)25-11-13-2-3-13)21(34-17)27-20(31)14-4-5-14/h8-9,12-15,25H,2-7,10-11H2,1H3,(H,26,28)(H,27,31)/t15-/m0/s1. The number of hydrogen-bond donors (Lipinski definition) is 3. The van der Waals surface area contributed by atoms with E-state index in [9.17, 15) is 13.2 Å². The SMILES string of the molecule is Cn1nccc1Nc1nncn1[C@H]1CCc2sc(NC(=O)C3CC3)c(S(=O)(=O)NCC3CC3)c2C1. The van der Waals surface area contributed by atoms with Crippen molar-refractivity contribution in [3.05, 3.63) is 29.0 Å². The van der Waals surface area contributed by atoms with Crippen LogP contribution >= 0.6 is 11.3 Å². The van der Waals surface area contributed by atoms with E-state index in [0.29, 0.717) is 29.8 Å². The molecule has 2 fully saturated rings. The van der Waals surface area contributed by atoms with Crippen LogP contribution in [0.4, 0.5) is 16.8 Å². The second-order valence-corrected chi connectivity index (χ2v) is 12.5. The fraction of sp³-hybridized carbons (Fsp3) is 0.545. The average molecular weight is 517 g/mol. The van der Waals surface area contributed by atoms with E-state index in [4.69, 9.17) is 0 Å². The molecule has 3 aromatic rings. The van der Waals surface area contributed by atoms with Crippen molar-refractivity contribution in [3.8, 4) is 0 Å². The highest BCUT2D eigenvalue weighted by Gasteiger charge is 2.37. The Balaban J connectivity index is 1.31. The van der Waals surface area contributed by atoms with Gasteiger partial charge in [-0.3, -0.25) is 14.0 Å². The number of hydrogen-bond acceptors (Lipinski definition) is 8. The van der Waals surface area contributed by atoms with Crippen molar-refractivity contribution in [2.24, 2.45) is 18.9 Å². The Morgan fingerprint density at radius 3 is 2.77 bits per heavy atom. The molecule has 0 radical (unpaired) electrons. The molecule has 35 heavy (non-hydrogen) atoms. The summed E-state index contributed by atoms with van der Waals surface area (Å²) in [5.74, 6) is 1.68. The van der Waals surface area contributed by atoms with Crippen molar-refractivity contribution in [2.45, 2.75) is 55.9 Å². The van der Waals surface area contributed by atoms with Gasteiger partial charge in [0.25, 0.3) is 0 Å². The maximum Gasteiger partial charge on any atom is 0.243 e. The minimum Gasteiger partial charge on any atom is -0.316 e. The van der Waals surface area contributed by atoms with E-state index in [1.54, 1.807) is 17.2 Å². The van der Waals surface area contributed by atoms with Crippen molar-refractivity contribution in [1.29, 1.82) is 0 Å². The minimum atomic E-state index is -3.77. The van der Waals surface area contributed by atoms with Gasteiger partial charge in [0, 0.05) is 36.5 Å². The molecule has 2 saturated carbocycles. The lowest BCUT2D eigenvalue weighted by Crippen LogP contribution is -2.28. The lowest BCUT2D eigenvalue weighted by atomic mass is 9.94. The molecule has 1 amide bonds. The largest absolute Gasteiger partial charge is 0.316 e. The second-order valence-electron chi connectivity index (χ2n) is 9.64. The Morgan fingerprint density at radius 2 is 2.06 bits per heavy atom. The number of anilines is 3. The third kappa shape index (κ3) is 4.59. The third-order valence-corrected chi connectivity index (χ3v) is 9.80. The number of fused-ring (bicyclic) bond motifs is 1. The highest BCUT2D eigenvalue weighted by atomic mass is 32.2.